The van der Waals surface area contributed by atoms with E-state index in [1.807, 2.05) is 0 Å². The average molecular weight is 766 g/mol. The van der Waals surface area contributed by atoms with Crippen molar-refractivity contribution in [3.63, 3.8) is 0 Å². The number of phenolic OH excluding ortho intramolecular Hbond substituents is 1. The van der Waals surface area contributed by atoms with Crippen LogP contribution in [0.2, 0.25) is 0 Å². The summed E-state index contributed by atoms with van der Waals surface area (Å²) in [6, 6.07) is 12.1. The molecule has 4 aliphatic rings. The van der Waals surface area contributed by atoms with Crippen LogP contribution in [0.5, 0.6) is 11.5 Å². The molecule has 52 heavy (non-hydrogen) atoms. The number of nitrogens with zero attached hydrogens (tertiary/aromatic N) is 2. The van der Waals surface area contributed by atoms with Gasteiger partial charge in [0.1, 0.15) is 23.8 Å². The Morgan fingerprint density at radius 3 is 2.12 bits per heavy atom. The lowest BCUT2D eigenvalue weighted by Crippen LogP contribution is -2.60. The SMILES string of the molecule is O=C1[C@H]2[C@H](CC=C3[C@H]2C[C@@]2(Cl)C(=O)N(c4c(F)c(F)c(F)c(F)c4F)C(=O)[C@@]2(Cl)[C@H]3c2ccccc2OCCO)C(=O)N1CCc1ccc(O)cc1. The Morgan fingerprint density at radius 2 is 1.46 bits per heavy atom. The fraction of sp³-hybridized carbons (Fsp3) is 0.333. The highest BCUT2D eigenvalue weighted by atomic mass is 35.5. The number of carbonyl (C=O) groups is 4. The number of anilines is 1. The number of benzene rings is 3. The van der Waals surface area contributed by atoms with E-state index in [1.54, 1.807) is 24.3 Å². The number of aliphatic hydroxyl groups is 1. The molecule has 272 valence electrons. The van der Waals surface area contributed by atoms with E-state index >= 15 is 8.78 Å². The number of para-hydroxylation sites is 1. The summed E-state index contributed by atoms with van der Waals surface area (Å²) in [5.41, 5.74) is -0.771. The van der Waals surface area contributed by atoms with Gasteiger partial charge in [-0.1, -0.05) is 42.0 Å². The van der Waals surface area contributed by atoms with E-state index in [-0.39, 0.29) is 53.5 Å². The number of halogens is 7. The molecule has 4 amide bonds. The number of amides is 4. The topological polar surface area (TPSA) is 124 Å². The Kier molecular flexibility index (Phi) is 8.86. The van der Waals surface area contributed by atoms with Crippen LogP contribution in [0.25, 0.3) is 0 Å². The first-order valence-corrected chi connectivity index (χ1v) is 16.9. The number of allylic oxidation sites excluding steroid dienone is 2. The van der Waals surface area contributed by atoms with Crippen LogP contribution in [0.4, 0.5) is 27.6 Å². The van der Waals surface area contributed by atoms with Crippen LogP contribution >= 0.6 is 23.2 Å². The average Bonchev–Trinajstić information content (AvgIpc) is 3.46. The Balaban J connectivity index is 1.37. The van der Waals surface area contributed by atoms with E-state index in [0.717, 1.165) is 10.5 Å². The van der Waals surface area contributed by atoms with Gasteiger partial charge in [0.25, 0.3) is 11.8 Å². The maximum absolute atomic E-state index is 15.3. The van der Waals surface area contributed by atoms with Crippen molar-refractivity contribution in [2.24, 2.45) is 17.8 Å². The van der Waals surface area contributed by atoms with Crippen LogP contribution < -0.4 is 9.64 Å². The lowest BCUT2D eigenvalue weighted by Gasteiger charge is -2.51. The van der Waals surface area contributed by atoms with E-state index in [0.29, 0.717) is 0 Å². The van der Waals surface area contributed by atoms with Gasteiger partial charge in [0, 0.05) is 18.0 Å². The Bertz CT molecular complexity index is 2050. The molecule has 0 radical (unpaired) electrons. The largest absolute Gasteiger partial charge is 0.508 e. The summed E-state index contributed by atoms with van der Waals surface area (Å²) < 4.78 is 79.3. The molecule has 16 heteroatoms. The predicted molar refractivity (Wildman–Crippen MR) is 174 cm³/mol. The number of ether oxygens (including phenoxy) is 1. The van der Waals surface area contributed by atoms with Gasteiger partial charge in [0.2, 0.25) is 17.6 Å². The van der Waals surface area contributed by atoms with Crippen molar-refractivity contribution in [2.75, 3.05) is 24.7 Å². The molecule has 1 saturated carbocycles. The lowest BCUT2D eigenvalue weighted by atomic mass is 9.56. The van der Waals surface area contributed by atoms with Crippen LogP contribution in [0, 0.1) is 46.8 Å². The first kappa shape index (κ1) is 35.9. The number of rotatable bonds is 8. The zero-order valence-corrected chi connectivity index (χ0v) is 28.2. The number of aliphatic hydroxyl groups excluding tert-OH is 1. The van der Waals surface area contributed by atoms with Gasteiger partial charge in [0.15, 0.2) is 33.0 Å². The summed E-state index contributed by atoms with van der Waals surface area (Å²) in [6.45, 7) is -0.720. The first-order valence-electron chi connectivity index (χ1n) is 16.1. The number of likely N-dealkylation sites (tertiary alicyclic amines) is 1. The normalized spacial score (nSPS) is 28.2. The van der Waals surface area contributed by atoms with Crippen LogP contribution in [-0.4, -0.2) is 68.2 Å². The Hall–Kier alpha value is -4.53. The van der Waals surface area contributed by atoms with E-state index in [9.17, 15) is 42.6 Å². The minimum Gasteiger partial charge on any atom is -0.508 e. The summed E-state index contributed by atoms with van der Waals surface area (Å²) >= 11 is 14.4. The van der Waals surface area contributed by atoms with Gasteiger partial charge in [0.05, 0.1) is 18.4 Å². The van der Waals surface area contributed by atoms with E-state index < -0.39 is 105 Å². The smallest absolute Gasteiger partial charge is 0.258 e. The fourth-order valence-corrected chi connectivity index (χ4v) is 9.03. The summed E-state index contributed by atoms with van der Waals surface area (Å²) in [7, 11) is 0. The molecule has 2 N–H and O–H groups in total. The molecular formula is C36H27Cl2F5N2O7. The maximum atomic E-state index is 15.3. The number of imide groups is 2. The van der Waals surface area contributed by atoms with E-state index in [4.69, 9.17) is 27.9 Å². The lowest BCUT2D eigenvalue weighted by molar-refractivity contribution is -0.140. The molecule has 3 aromatic carbocycles. The molecule has 3 fully saturated rings. The van der Waals surface area contributed by atoms with Gasteiger partial charge in [-0.3, -0.25) is 24.1 Å². The zero-order valence-electron chi connectivity index (χ0n) is 26.7. The number of carbonyl (C=O) groups excluding carboxylic acids is 4. The maximum Gasteiger partial charge on any atom is 0.258 e. The van der Waals surface area contributed by atoms with Gasteiger partial charge in [-0.15, -0.1) is 23.2 Å². The molecule has 0 unspecified atom stereocenters. The summed E-state index contributed by atoms with van der Waals surface area (Å²) in [6.07, 6.45) is 1.18. The second-order valence-corrected chi connectivity index (χ2v) is 14.3. The predicted octanol–water partition coefficient (Wildman–Crippen LogP) is 5.26. The van der Waals surface area contributed by atoms with Crippen LogP contribution in [0.1, 0.15) is 29.9 Å². The van der Waals surface area contributed by atoms with Crippen molar-refractivity contribution in [1.82, 2.24) is 4.90 Å². The molecule has 7 rings (SSSR count). The van der Waals surface area contributed by atoms with Gasteiger partial charge >= 0.3 is 0 Å². The second kappa shape index (κ2) is 12.8. The van der Waals surface area contributed by atoms with Crippen LogP contribution in [-0.2, 0) is 25.6 Å². The number of hydrogen-bond acceptors (Lipinski definition) is 7. The molecule has 6 atom stereocenters. The zero-order chi connectivity index (χ0) is 37.4. The highest BCUT2D eigenvalue weighted by Crippen LogP contribution is 2.66. The number of hydrogen-bond donors (Lipinski definition) is 2. The molecule has 9 nitrogen and oxygen atoms in total. The Morgan fingerprint density at radius 1 is 0.827 bits per heavy atom. The second-order valence-electron chi connectivity index (χ2n) is 13.0. The van der Waals surface area contributed by atoms with Gasteiger partial charge < -0.3 is 14.9 Å². The third kappa shape index (κ3) is 4.97. The van der Waals surface area contributed by atoms with Crippen LogP contribution in [0.3, 0.4) is 0 Å². The van der Waals surface area contributed by atoms with E-state index in [1.165, 1.54) is 30.3 Å². The van der Waals surface area contributed by atoms with E-state index in [2.05, 4.69) is 0 Å². The van der Waals surface area contributed by atoms with Gasteiger partial charge in [-0.05, 0) is 48.9 Å². The minimum absolute atomic E-state index is 0.0152. The third-order valence-corrected chi connectivity index (χ3v) is 11.9. The van der Waals surface area contributed by atoms with Crippen molar-refractivity contribution in [3.8, 4) is 11.5 Å². The first-order chi connectivity index (χ1) is 24.7. The van der Waals surface area contributed by atoms with Gasteiger partial charge in [-0.25, -0.2) is 26.9 Å². The molecule has 0 bridgehead atoms. The minimum atomic E-state index is -2.70. The molecule has 0 spiro atoms. The third-order valence-electron chi connectivity index (χ3n) is 10.5. The monoisotopic (exact) mass is 764 g/mol. The highest BCUT2D eigenvalue weighted by molar-refractivity contribution is 6.58. The van der Waals surface area contributed by atoms with Crippen molar-refractivity contribution >= 4 is 52.5 Å². The number of alkyl halides is 2. The summed E-state index contributed by atoms with van der Waals surface area (Å²) in [4.78, 5) is 52.2. The molecule has 2 heterocycles. The van der Waals surface area contributed by atoms with Crippen molar-refractivity contribution in [3.05, 3.63) is 100 Å². The molecule has 3 aromatic rings. The summed E-state index contributed by atoms with van der Waals surface area (Å²) in [5.74, 6) is -21.2. The molecule has 0 aromatic heterocycles. The van der Waals surface area contributed by atoms with Crippen molar-refractivity contribution in [2.45, 2.75) is 34.9 Å². The number of phenols is 1. The number of aromatic hydroxyl groups is 1. The van der Waals surface area contributed by atoms with Crippen molar-refractivity contribution < 1.29 is 56.1 Å². The molecule has 2 aliphatic heterocycles. The fourth-order valence-electron chi connectivity index (χ4n) is 8.11. The van der Waals surface area contributed by atoms with Crippen molar-refractivity contribution in [1.29, 1.82) is 0 Å². The molecule has 2 aliphatic carbocycles. The standard InChI is InChI=1S/C36H27Cl2F5N2O7/c37-35-15-21-18(9-10-20-23(21)32(49)44(31(20)48)12-11-16-5-7-17(47)8-6-16)24(19-3-1-2-4-22(19)52-14-13-46)36(35,38)34(51)45(33(35)50)30-28(42)26(40)25(39)27(41)29(30)43/h1-9,20-21,23-24,46-47H,10-15H2/t20-,21+,23-,24+,35+,36-/m0/s1. The van der Waals surface area contributed by atoms with Crippen LogP contribution in [0.15, 0.2) is 60.2 Å². The molecule has 2 saturated heterocycles. The Labute approximate surface area is 302 Å². The van der Waals surface area contributed by atoms with Gasteiger partial charge in [-0.2, -0.15) is 0 Å². The summed E-state index contributed by atoms with van der Waals surface area (Å²) in [5, 5.41) is 19.1. The molecular weight excluding hydrogens is 738 g/mol. The quantitative estimate of drug-likeness (QED) is 0.0801. The number of fused-ring (bicyclic) bond motifs is 4. The highest BCUT2D eigenvalue weighted by Gasteiger charge is 2.77.